The third-order valence-corrected chi connectivity index (χ3v) is 2.90. The van der Waals surface area contributed by atoms with Crippen LogP contribution in [0, 0.1) is 0 Å². The van der Waals surface area contributed by atoms with Gasteiger partial charge in [-0.15, -0.1) is 0 Å². The van der Waals surface area contributed by atoms with Gasteiger partial charge in [0.1, 0.15) is 18.0 Å². The van der Waals surface area contributed by atoms with E-state index in [4.69, 9.17) is 0 Å². The Labute approximate surface area is 114 Å². The lowest BCUT2D eigenvalue weighted by atomic mass is 10.1. The summed E-state index contributed by atoms with van der Waals surface area (Å²) in [6.45, 7) is 0.915. The second-order valence-corrected chi connectivity index (χ2v) is 4.67. The molecule has 0 saturated heterocycles. The molecule has 19 heavy (non-hydrogen) atoms. The van der Waals surface area contributed by atoms with Gasteiger partial charge in [-0.2, -0.15) is 0 Å². The second kappa shape index (κ2) is 6.73. The molecule has 2 aromatic rings. The van der Waals surface area contributed by atoms with Gasteiger partial charge in [0.25, 0.3) is 0 Å². The smallest absolute Gasteiger partial charge is 0.133 e. The lowest BCUT2D eigenvalue weighted by molar-refractivity contribution is 0.857. The van der Waals surface area contributed by atoms with Crippen molar-refractivity contribution in [1.29, 1.82) is 0 Å². The Kier molecular flexibility index (Phi) is 4.72. The molecule has 0 radical (unpaired) electrons. The van der Waals surface area contributed by atoms with Crippen LogP contribution in [0.15, 0.2) is 42.7 Å². The number of hydrogen-bond acceptors (Lipinski definition) is 4. The summed E-state index contributed by atoms with van der Waals surface area (Å²) in [5.74, 6) is 1.80. The van der Waals surface area contributed by atoms with E-state index in [-0.39, 0.29) is 0 Å². The summed E-state index contributed by atoms with van der Waals surface area (Å²) in [5.41, 5.74) is 1.38. The fourth-order valence-electron chi connectivity index (χ4n) is 1.84. The molecule has 0 bridgehead atoms. The number of anilines is 2. The molecule has 0 unspecified atom stereocenters. The van der Waals surface area contributed by atoms with E-state index in [1.54, 1.807) is 6.33 Å². The highest BCUT2D eigenvalue weighted by molar-refractivity contribution is 5.47. The molecular formula is C15H20N4. The number of rotatable bonds is 6. The van der Waals surface area contributed by atoms with Crippen molar-refractivity contribution in [2.45, 2.75) is 12.8 Å². The zero-order valence-electron chi connectivity index (χ0n) is 11.5. The van der Waals surface area contributed by atoms with Gasteiger partial charge in [-0.25, -0.2) is 9.97 Å². The van der Waals surface area contributed by atoms with E-state index in [0.717, 1.165) is 31.0 Å². The van der Waals surface area contributed by atoms with Crippen LogP contribution in [0.4, 0.5) is 11.6 Å². The summed E-state index contributed by atoms with van der Waals surface area (Å²) in [5, 5.41) is 3.33. The molecule has 0 aliphatic heterocycles. The molecule has 1 N–H and O–H groups in total. The first-order valence-corrected chi connectivity index (χ1v) is 6.53. The molecule has 0 aliphatic rings. The van der Waals surface area contributed by atoms with Crippen LogP contribution < -0.4 is 10.2 Å². The molecule has 0 aliphatic carbocycles. The molecule has 1 aromatic heterocycles. The summed E-state index contributed by atoms with van der Waals surface area (Å²) < 4.78 is 0. The molecule has 0 fully saturated rings. The highest BCUT2D eigenvalue weighted by Crippen LogP contribution is 2.11. The topological polar surface area (TPSA) is 41.0 Å². The first kappa shape index (κ1) is 13.3. The molecular weight excluding hydrogens is 236 g/mol. The molecule has 4 heteroatoms. The van der Waals surface area contributed by atoms with Crippen LogP contribution in [0.3, 0.4) is 0 Å². The molecule has 100 valence electrons. The quantitative estimate of drug-likeness (QED) is 0.807. The Balaban J connectivity index is 1.78. The number of aryl methyl sites for hydroxylation is 1. The van der Waals surface area contributed by atoms with Crippen LogP contribution >= 0.6 is 0 Å². The van der Waals surface area contributed by atoms with Gasteiger partial charge in [0, 0.05) is 26.7 Å². The van der Waals surface area contributed by atoms with Crippen LogP contribution in [0.2, 0.25) is 0 Å². The molecule has 4 nitrogen and oxygen atoms in total. The molecule has 1 aromatic carbocycles. The number of nitrogens with one attached hydrogen (secondary N) is 1. The van der Waals surface area contributed by atoms with Crippen molar-refractivity contribution < 1.29 is 0 Å². The van der Waals surface area contributed by atoms with Crippen LogP contribution in [-0.4, -0.2) is 30.6 Å². The minimum absolute atomic E-state index is 0.881. The van der Waals surface area contributed by atoms with Crippen LogP contribution in [0.5, 0.6) is 0 Å². The predicted octanol–water partition coefficient (Wildman–Crippen LogP) is 2.59. The molecule has 0 amide bonds. The van der Waals surface area contributed by atoms with Crippen molar-refractivity contribution >= 4 is 11.6 Å². The normalized spacial score (nSPS) is 10.2. The van der Waals surface area contributed by atoms with Crippen LogP contribution in [0.1, 0.15) is 12.0 Å². The lowest BCUT2D eigenvalue weighted by Gasteiger charge is -2.12. The number of nitrogens with zero attached hydrogens (tertiary/aromatic N) is 3. The largest absolute Gasteiger partial charge is 0.370 e. The van der Waals surface area contributed by atoms with E-state index in [2.05, 4.69) is 39.6 Å². The first-order valence-electron chi connectivity index (χ1n) is 6.53. The standard InChI is InChI=1S/C15H20N4/c1-19(2)15-11-14(17-12-18-15)16-10-6-9-13-7-4-3-5-8-13/h3-5,7-8,11-12H,6,9-10H2,1-2H3,(H,16,17,18). The Morgan fingerprint density at radius 1 is 1.11 bits per heavy atom. The maximum Gasteiger partial charge on any atom is 0.133 e. The Hall–Kier alpha value is -2.10. The van der Waals surface area contributed by atoms with Gasteiger partial charge in [0.2, 0.25) is 0 Å². The Morgan fingerprint density at radius 3 is 2.63 bits per heavy atom. The average Bonchev–Trinajstić information content (AvgIpc) is 2.45. The van der Waals surface area contributed by atoms with Crippen LogP contribution in [-0.2, 0) is 6.42 Å². The average molecular weight is 256 g/mol. The summed E-state index contributed by atoms with van der Waals surface area (Å²) in [6, 6.07) is 12.5. The minimum atomic E-state index is 0.881. The van der Waals surface area contributed by atoms with E-state index >= 15 is 0 Å². The van der Waals surface area contributed by atoms with E-state index in [1.807, 2.05) is 31.1 Å². The minimum Gasteiger partial charge on any atom is -0.370 e. The number of hydrogen-bond donors (Lipinski definition) is 1. The van der Waals surface area contributed by atoms with E-state index in [9.17, 15) is 0 Å². The van der Waals surface area contributed by atoms with E-state index in [0.29, 0.717) is 0 Å². The van der Waals surface area contributed by atoms with Gasteiger partial charge in [0.15, 0.2) is 0 Å². The van der Waals surface area contributed by atoms with Gasteiger partial charge in [0.05, 0.1) is 0 Å². The monoisotopic (exact) mass is 256 g/mol. The third-order valence-electron chi connectivity index (χ3n) is 2.90. The fraction of sp³-hybridized carbons (Fsp3) is 0.333. The number of benzene rings is 1. The van der Waals surface area contributed by atoms with Crippen molar-refractivity contribution in [3.05, 3.63) is 48.3 Å². The highest BCUT2D eigenvalue weighted by Gasteiger charge is 1.99. The fourth-order valence-corrected chi connectivity index (χ4v) is 1.84. The predicted molar refractivity (Wildman–Crippen MR) is 79.6 cm³/mol. The zero-order chi connectivity index (χ0) is 13.5. The van der Waals surface area contributed by atoms with Crippen molar-refractivity contribution in [3.63, 3.8) is 0 Å². The Morgan fingerprint density at radius 2 is 1.89 bits per heavy atom. The first-order chi connectivity index (χ1) is 9.25. The molecule has 0 atom stereocenters. The van der Waals surface area contributed by atoms with Gasteiger partial charge in [-0.3, -0.25) is 0 Å². The maximum atomic E-state index is 4.22. The molecule has 2 rings (SSSR count). The van der Waals surface area contributed by atoms with Crippen molar-refractivity contribution in [1.82, 2.24) is 9.97 Å². The number of aromatic nitrogens is 2. The molecule has 0 spiro atoms. The lowest BCUT2D eigenvalue weighted by Crippen LogP contribution is -2.12. The summed E-state index contributed by atoms with van der Waals surface area (Å²) in [6.07, 6.45) is 3.76. The summed E-state index contributed by atoms with van der Waals surface area (Å²) in [7, 11) is 3.95. The van der Waals surface area contributed by atoms with Gasteiger partial charge in [-0.05, 0) is 18.4 Å². The molecule has 1 heterocycles. The van der Waals surface area contributed by atoms with Crippen molar-refractivity contribution in [2.24, 2.45) is 0 Å². The van der Waals surface area contributed by atoms with Gasteiger partial charge < -0.3 is 10.2 Å². The summed E-state index contributed by atoms with van der Waals surface area (Å²) in [4.78, 5) is 10.4. The zero-order valence-corrected chi connectivity index (χ0v) is 11.5. The highest BCUT2D eigenvalue weighted by atomic mass is 15.2. The van der Waals surface area contributed by atoms with Gasteiger partial charge >= 0.3 is 0 Å². The van der Waals surface area contributed by atoms with E-state index < -0.39 is 0 Å². The van der Waals surface area contributed by atoms with Crippen LogP contribution in [0.25, 0.3) is 0 Å². The third kappa shape index (κ3) is 4.25. The van der Waals surface area contributed by atoms with Gasteiger partial charge in [-0.1, -0.05) is 30.3 Å². The summed E-state index contributed by atoms with van der Waals surface area (Å²) >= 11 is 0. The molecule has 0 saturated carbocycles. The maximum absolute atomic E-state index is 4.22. The second-order valence-electron chi connectivity index (χ2n) is 4.67. The van der Waals surface area contributed by atoms with E-state index in [1.165, 1.54) is 5.56 Å². The van der Waals surface area contributed by atoms with Crippen molar-refractivity contribution in [2.75, 3.05) is 30.9 Å². The van der Waals surface area contributed by atoms with Crippen molar-refractivity contribution in [3.8, 4) is 0 Å². The SMILES string of the molecule is CN(C)c1cc(NCCCc2ccccc2)ncn1. The Bertz CT molecular complexity index is 497.